The molecule has 0 aromatic heterocycles. The van der Waals surface area contributed by atoms with Gasteiger partial charge in [0.25, 0.3) is 0 Å². The molecular formula is C15H16N2O. The van der Waals surface area contributed by atoms with Crippen LogP contribution in [0.2, 0.25) is 0 Å². The molecule has 18 heavy (non-hydrogen) atoms. The molecule has 0 amide bonds. The lowest BCUT2D eigenvalue weighted by Gasteiger charge is -2.23. The van der Waals surface area contributed by atoms with Gasteiger partial charge in [-0.15, -0.1) is 0 Å². The van der Waals surface area contributed by atoms with E-state index in [0.717, 1.165) is 23.9 Å². The number of hydrogen-bond acceptors (Lipinski definition) is 3. The van der Waals surface area contributed by atoms with Gasteiger partial charge in [0.05, 0.1) is 5.69 Å². The average molecular weight is 240 g/mol. The summed E-state index contributed by atoms with van der Waals surface area (Å²) in [5, 5.41) is 2.11. The van der Waals surface area contributed by atoms with E-state index in [4.69, 9.17) is 0 Å². The third kappa shape index (κ3) is 2.13. The van der Waals surface area contributed by atoms with E-state index in [-0.39, 0.29) is 0 Å². The quantitative estimate of drug-likeness (QED) is 0.603. The molecule has 0 radical (unpaired) electrons. The van der Waals surface area contributed by atoms with Crippen LogP contribution in [0.4, 0.5) is 11.4 Å². The van der Waals surface area contributed by atoms with E-state index in [0.29, 0.717) is 5.69 Å². The third-order valence-electron chi connectivity index (χ3n) is 3.15. The first kappa shape index (κ1) is 12.3. The van der Waals surface area contributed by atoms with E-state index >= 15 is 0 Å². The normalized spacial score (nSPS) is 10.1. The second kappa shape index (κ2) is 5.48. The van der Waals surface area contributed by atoms with E-state index in [9.17, 15) is 4.79 Å². The minimum atomic E-state index is 0.677. The zero-order chi connectivity index (χ0) is 13.0. The van der Waals surface area contributed by atoms with Crippen molar-refractivity contribution in [1.29, 1.82) is 0 Å². The third-order valence-corrected chi connectivity index (χ3v) is 3.15. The van der Waals surface area contributed by atoms with Gasteiger partial charge in [-0.05, 0) is 26.0 Å². The molecule has 0 N–H and O–H groups in total. The monoisotopic (exact) mass is 240 g/mol. The molecule has 2 aromatic rings. The van der Waals surface area contributed by atoms with Crippen LogP contribution in [0.5, 0.6) is 0 Å². The van der Waals surface area contributed by atoms with E-state index < -0.39 is 0 Å². The van der Waals surface area contributed by atoms with Gasteiger partial charge in [0.15, 0.2) is 0 Å². The van der Waals surface area contributed by atoms with E-state index in [1.807, 2.05) is 30.3 Å². The molecule has 0 heterocycles. The van der Waals surface area contributed by atoms with Crippen LogP contribution < -0.4 is 4.90 Å². The number of rotatable bonds is 4. The molecule has 3 heteroatoms. The number of carbonyl (C=O) groups excluding carboxylic acids is 1. The summed E-state index contributed by atoms with van der Waals surface area (Å²) in [7, 11) is 0. The predicted molar refractivity (Wildman–Crippen MR) is 75.3 cm³/mol. The molecule has 0 unspecified atom stereocenters. The summed E-state index contributed by atoms with van der Waals surface area (Å²) in [6, 6.07) is 11.9. The fourth-order valence-corrected chi connectivity index (χ4v) is 2.25. The van der Waals surface area contributed by atoms with Crippen LogP contribution in [0, 0.1) is 0 Å². The van der Waals surface area contributed by atoms with E-state index in [1.54, 1.807) is 6.08 Å². The molecule has 0 aliphatic heterocycles. The Morgan fingerprint density at radius 2 is 1.72 bits per heavy atom. The lowest BCUT2D eigenvalue weighted by atomic mass is 10.1. The van der Waals surface area contributed by atoms with Crippen LogP contribution in [-0.4, -0.2) is 19.2 Å². The van der Waals surface area contributed by atoms with Crippen molar-refractivity contribution in [3.05, 3.63) is 36.4 Å². The molecule has 92 valence electrons. The molecule has 0 spiro atoms. The van der Waals surface area contributed by atoms with Gasteiger partial charge in [-0.25, -0.2) is 4.79 Å². The van der Waals surface area contributed by atoms with Gasteiger partial charge in [-0.3, -0.25) is 0 Å². The summed E-state index contributed by atoms with van der Waals surface area (Å²) in [5.74, 6) is 0. The fraction of sp³-hybridized carbons (Fsp3) is 0.267. The number of hydrogen-bond donors (Lipinski definition) is 0. The molecule has 0 atom stereocenters. The molecule has 0 bridgehead atoms. The lowest BCUT2D eigenvalue weighted by molar-refractivity contribution is 0.565. The Labute approximate surface area is 107 Å². The van der Waals surface area contributed by atoms with Crippen molar-refractivity contribution in [2.24, 2.45) is 4.99 Å². The highest BCUT2D eigenvalue weighted by Crippen LogP contribution is 2.33. The maximum absolute atomic E-state index is 10.4. The standard InChI is InChI=1S/C15H16N2O/c1-3-17(4-2)15-10-9-14(16-11-18)12-7-5-6-8-13(12)15/h5-10H,3-4H2,1-2H3. The minimum absolute atomic E-state index is 0.677. The summed E-state index contributed by atoms with van der Waals surface area (Å²) < 4.78 is 0. The average Bonchev–Trinajstić information content (AvgIpc) is 2.42. The number of aliphatic imine (C=N–C) groups is 1. The van der Waals surface area contributed by atoms with Crippen molar-refractivity contribution < 1.29 is 4.79 Å². The highest BCUT2D eigenvalue weighted by Gasteiger charge is 2.09. The van der Waals surface area contributed by atoms with Gasteiger partial charge in [-0.2, -0.15) is 4.99 Å². The van der Waals surface area contributed by atoms with Crippen LogP contribution in [0.25, 0.3) is 10.8 Å². The molecule has 0 fully saturated rings. The van der Waals surface area contributed by atoms with Crippen molar-refractivity contribution in [2.45, 2.75) is 13.8 Å². The Kier molecular flexibility index (Phi) is 3.75. The molecule has 0 aliphatic rings. The van der Waals surface area contributed by atoms with Crippen molar-refractivity contribution in [3.63, 3.8) is 0 Å². The SMILES string of the molecule is CCN(CC)c1ccc(N=C=O)c2ccccc12. The van der Waals surface area contributed by atoms with Crippen LogP contribution in [0.1, 0.15) is 13.8 Å². The Morgan fingerprint density at radius 3 is 2.33 bits per heavy atom. The first-order valence-electron chi connectivity index (χ1n) is 6.16. The lowest BCUT2D eigenvalue weighted by Crippen LogP contribution is -2.21. The van der Waals surface area contributed by atoms with Crippen LogP contribution in [0.15, 0.2) is 41.4 Å². The first-order valence-corrected chi connectivity index (χ1v) is 6.16. The van der Waals surface area contributed by atoms with Gasteiger partial charge in [0.1, 0.15) is 0 Å². The van der Waals surface area contributed by atoms with E-state index in [2.05, 4.69) is 29.8 Å². The zero-order valence-corrected chi connectivity index (χ0v) is 10.7. The van der Waals surface area contributed by atoms with Crippen LogP contribution in [-0.2, 0) is 4.79 Å². The minimum Gasteiger partial charge on any atom is -0.372 e. The van der Waals surface area contributed by atoms with Gasteiger partial charge in [0, 0.05) is 29.5 Å². The number of fused-ring (bicyclic) bond motifs is 1. The van der Waals surface area contributed by atoms with Gasteiger partial charge < -0.3 is 4.90 Å². The summed E-state index contributed by atoms with van der Waals surface area (Å²) in [6.07, 6.45) is 1.61. The summed E-state index contributed by atoms with van der Waals surface area (Å²) in [4.78, 5) is 16.5. The van der Waals surface area contributed by atoms with E-state index in [1.165, 1.54) is 5.69 Å². The Balaban J connectivity index is 2.71. The Morgan fingerprint density at radius 1 is 1.06 bits per heavy atom. The largest absolute Gasteiger partial charge is 0.372 e. The topological polar surface area (TPSA) is 32.7 Å². The van der Waals surface area contributed by atoms with Gasteiger partial charge in [0.2, 0.25) is 6.08 Å². The number of nitrogens with zero attached hydrogens (tertiary/aromatic N) is 2. The summed E-state index contributed by atoms with van der Waals surface area (Å²) in [5.41, 5.74) is 1.86. The molecular weight excluding hydrogens is 224 g/mol. The highest BCUT2D eigenvalue weighted by atomic mass is 16.1. The fourth-order valence-electron chi connectivity index (χ4n) is 2.25. The second-order valence-corrected chi connectivity index (χ2v) is 4.02. The number of benzene rings is 2. The molecule has 0 saturated carbocycles. The van der Waals surface area contributed by atoms with Crippen LogP contribution >= 0.6 is 0 Å². The van der Waals surface area contributed by atoms with Crippen molar-refractivity contribution in [1.82, 2.24) is 0 Å². The number of isocyanates is 1. The molecule has 3 nitrogen and oxygen atoms in total. The number of anilines is 1. The van der Waals surface area contributed by atoms with Crippen LogP contribution in [0.3, 0.4) is 0 Å². The second-order valence-electron chi connectivity index (χ2n) is 4.02. The summed E-state index contributed by atoms with van der Waals surface area (Å²) >= 11 is 0. The zero-order valence-electron chi connectivity index (χ0n) is 10.7. The molecule has 0 saturated heterocycles. The molecule has 0 aliphatic carbocycles. The maximum atomic E-state index is 10.4. The molecule has 2 aromatic carbocycles. The Bertz CT molecular complexity index is 596. The molecule has 2 rings (SSSR count). The Hall–Kier alpha value is -2.12. The smallest absolute Gasteiger partial charge is 0.240 e. The van der Waals surface area contributed by atoms with Crippen molar-refractivity contribution in [3.8, 4) is 0 Å². The predicted octanol–water partition coefficient (Wildman–Crippen LogP) is 3.65. The first-order chi connectivity index (χ1) is 8.81. The van der Waals surface area contributed by atoms with Crippen molar-refractivity contribution >= 4 is 28.2 Å². The highest BCUT2D eigenvalue weighted by molar-refractivity contribution is 6.01. The maximum Gasteiger partial charge on any atom is 0.240 e. The summed E-state index contributed by atoms with van der Waals surface area (Å²) in [6.45, 7) is 6.18. The van der Waals surface area contributed by atoms with Crippen molar-refractivity contribution in [2.75, 3.05) is 18.0 Å². The van der Waals surface area contributed by atoms with Gasteiger partial charge >= 0.3 is 0 Å². The van der Waals surface area contributed by atoms with Gasteiger partial charge in [-0.1, -0.05) is 24.3 Å².